The summed E-state index contributed by atoms with van der Waals surface area (Å²) in [7, 11) is 0. The van der Waals surface area contributed by atoms with E-state index in [2.05, 4.69) is 28.3 Å². The van der Waals surface area contributed by atoms with Gasteiger partial charge in [0.15, 0.2) is 5.78 Å². The Labute approximate surface area is 148 Å². The number of likely N-dealkylation sites (tertiary alicyclic amines) is 1. The number of aromatic nitrogens is 1. The van der Waals surface area contributed by atoms with Crippen LogP contribution < -0.4 is 0 Å². The molecule has 1 aliphatic rings. The minimum absolute atomic E-state index is 0.101. The Bertz CT molecular complexity index is 699. The van der Waals surface area contributed by atoms with Crippen molar-refractivity contribution >= 4 is 17.5 Å². The first-order valence-electron chi connectivity index (χ1n) is 8.49. The van der Waals surface area contributed by atoms with Crippen molar-refractivity contribution < 1.29 is 4.79 Å². The molecule has 1 fully saturated rings. The molecule has 126 valence electrons. The van der Waals surface area contributed by atoms with E-state index in [-0.39, 0.29) is 11.7 Å². The number of nitrogens with zero attached hydrogens (tertiary/aromatic N) is 2. The number of hydrogen-bond acceptors (Lipinski definition) is 4. The molecule has 1 saturated heterocycles. The fraction of sp³-hybridized carbons (Fsp3) is 0.400. The van der Waals surface area contributed by atoms with E-state index in [0.717, 1.165) is 49.4 Å². The molecule has 4 heteroatoms. The second-order valence-electron chi connectivity index (χ2n) is 6.44. The molecule has 3 nitrogen and oxygen atoms in total. The van der Waals surface area contributed by atoms with E-state index in [1.165, 1.54) is 4.90 Å². The molecule has 0 aliphatic carbocycles. The summed E-state index contributed by atoms with van der Waals surface area (Å²) in [6.07, 6.45) is 4.11. The van der Waals surface area contributed by atoms with Crippen LogP contribution in [-0.4, -0.2) is 35.0 Å². The highest BCUT2D eigenvalue weighted by atomic mass is 32.2. The second-order valence-corrected chi connectivity index (χ2v) is 7.32. The fourth-order valence-corrected chi connectivity index (χ4v) is 3.73. The average Bonchev–Trinajstić information content (AvgIpc) is 2.61. The molecule has 0 spiro atoms. The lowest BCUT2D eigenvalue weighted by molar-refractivity contribution is 0.0810. The third-order valence-corrected chi connectivity index (χ3v) is 5.33. The normalized spacial score (nSPS) is 18.5. The molecular weight excluding hydrogens is 316 g/mol. The van der Waals surface area contributed by atoms with Crippen LogP contribution in [0.4, 0.5) is 0 Å². The Kier molecular flexibility index (Phi) is 5.69. The van der Waals surface area contributed by atoms with Crippen molar-refractivity contribution in [3.63, 3.8) is 0 Å². The first kappa shape index (κ1) is 17.2. The van der Waals surface area contributed by atoms with Crippen LogP contribution in [-0.2, 0) is 6.54 Å². The fourth-order valence-electron chi connectivity index (χ4n) is 3.32. The molecule has 0 unspecified atom stereocenters. The number of piperidine rings is 1. The Morgan fingerprint density at radius 2 is 2.04 bits per heavy atom. The van der Waals surface area contributed by atoms with Crippen molar-refractivity contribution in [2.45, 2.75) is 31.2 Å². The van der Waals surface area contributed by atoms with Crippen LogP contribution in [0.1, 0.15) is 34.6 Å². The van der Waals surface area contributed by atoms with Gasteiger partial charge >= 0.3 is 0 Å². The third-order valence-electron chi connectivity index (χ3n) is 4.58. The lowest BCUT2D eigenvalue weighted by atomic mass is 9.90. The van der Waals surface area contributed by atoms with Gasteiger partial charge in [-0.2, -0.15) is 0 Å². The standard InChI is InChI=1S/C20H24N2OS/c1-15-5-3-7-18(21-15)14-22-12-4-6-17(13-22)20(23)16-8-10-19(24-2)11-9-16/h3,5,7-11,17H,4,6,12-14H2,1-2H3/t17-/m0/s1. The SMILES string of the molecule is CSc1ccc(C(=O)[C@H]2CCCN(Cc3cccc(C)n3)C2)cc1. The summed E-state index contributed by atoms with van der Waals surface area (Å²) in [5, 5.41) is 0. The summed E-state index contributed by atoms with van der Waals surface area (Å²) in [6.45, 7) is 4.73. The summed E-state index contributed by atoms with van der Waals surface area (Å²) >= 11 is 1.70. The third kappa shape index (κ3) is 4.25. The summed E-state index contributed by atoms with van der Waals surface area (Å²) in [4.78, 5) is 20.9. The van der Waals surface area contributed by atoms with Gasteiger partial charge in [-0.1, -0.05) is 18.2 Å². The van der Waals surface area contributed by atoms with E-state index in [1.54, 1.807) is 11.8 Å². The quantitative estimate of drug-likeness (QED) is 0.603. The number of Topliss-reactive ketones (excluding diaryl/α,β-unsaturated/α-hetero) is 1. The largest absolute Gasteiger partial charge is 0.297 e. The molecule has 24 heavy (non-hydrogen) atoms. The zero-order chi connectivity index (χ0) is 16.9. The van der Waals surface area contributed by atoms with Gasteiger partial charge in [-0.3, -0.25) is 14.7 Å². The lowest BCUT2D eigenvalue weighted by Gasteiger charge is -2.31. The predicted molar refractivity (Wildman–Crippen MR) is 99.5 cm³/mol. The maximum atomic E-state index is 12.8. The molecule has 0 bridgehead atoms. The Balaban J connectivity index is 1.64. The summed E-state index contributed by atoms with van der Waals surface area (Å²) in [5.74, 6) is 0.383. The number of benzene rings is 1. The van der Waals surface area contributed by atoms with Crippen LogP contribution in [0, 0.1) is 12.8 Å². The molecule has 1 atom stereocenters. The van der Waals surface area contributed by atoms with Crippen molar-refractivity contribution in [1.82, 2.24) is 9.88 Å². The Hall–Kier alpha value is -1.65. The van der Waals surface area contributed by atoms with E-state index >= 15 is 0 Å². The van der Waals surface area contributed by atoms with E-state index in [9.17, 15) is 4.79 Å². The maximum absolute atomic E-state index is 12.8. The van der Waals surface area contributed by atoms with Crippen molar-refractivity contribution in [2.75, 3.05) is 19.3 Å². The number of rotatable bonds is 5. The van der Waals surface area contributed by atoms with Crippen molar-refractivity contribution in [1.29, 1.82) is 0 Å². The number of carbonyl (C=O) groups is 1. The molecule has 3 rings (SSSR count). The number of pyridine rings is 1. The minimum atomic E-state index is 0.101. The molecule has 0 N–H and O–H groups in total. The Morgan fingerprint density at radius 1 is 1.25 bits per heavy atom. The van der Waals surface area contributed by atoms with Crippen LogP contribution in [0.25, 0.3) is 0 Å². The number of thioether (sulfide) groups is 1. The van der Waals surface area contributed by atoms with E-state index in [0.29, 0.717) is 0 Å². The van der Waals surface area contributed by atoms with Gasteiger partial charge in [-0.15, -0.1) is 11.8 Å². The van der Waals surface area contributed by atoms with Gasteiger partial charge in [-0.25, -0.2) is 0 Å². The van der Waals surface area contributed by atoms with E-state index in [4.69, 9.17) is 0 Å². The minimum Gasteiger partial charge on any atom is -0.297 e. The molecule has 0 radical (unpaired) electrons. The number of aryl methyl sites for hydroxylation is 1. The zero-order valence-electron chi connectivity index (χ0n) is 14.4. The Morgan fingerprint density at radius 3 is 2.75 bits per heavy atom. The summed E-state index contributed by atoms with van der Waals surface area (Å²) in [6, 6.07) is 14.1. The van der Waals surface area contributed by atoms with Gasteiger partial charge in [-0.05, 0) is 56.8 Å². The number of carbonyl (C=O) groups excluding carboxylic acids is 1. The first-order valence-corrected chi connectivity index (χ1v) is 9.71. The molecule has 1 aliphatic heterocycles. The molecular formula is C20H24N2OS. The lowest BCUT2D eigenvalue weighted by Crippen LogP contribution is -2.38. The van der Waals surface area contributed by atoms with Gasteiger partial charge in [0.2, 0.25) is 0 Å². The van der Waals surface area contributed by atoms with Crippen molar-refractivity contribution in [3.8, 4) is 0 Å². The van der Waals surface area contributed by atoms with Gasteiger partial charge in [0.05, 0.1) is 5.69 Å². The highest BCUT2D eigenvalue weighted by Gasteiger charge is 2.26. The first-order chi connectivity index (χ1) is 11.7. The summed E-state index contributed by atoms with van der Waals surface area (Å²) in [5.41, 5.74) is 2.98. The van der Waals surface area contributed by atoms with Gasteiger partial charge in [0.25, 0.3) is 0 Å². The highest BCUT2D eigenvalue weighted by molar-refractivity contribution is 7.98. The summed E-state index contributed by atoms with van der Waals surface area (Å²) < 4.78 is 0. The number of ketones is 1. The second kappa shape index (κ2) is 7.95. The topological polar surface area (TPSA) is 33.2 Å². The van der Waals surface area contributed by atoms with Crippen LogP contribution in [0.5, 0.6) is 0 Å². The van der Waals surface area contributed by atoms with Crippen LogP contribution in [0.15, 0.2) is 47.4 Å². The highest BCUT2D eigenvalue weighted by Crippen LogP contribution is 2.23. The molecule has 1 aromatic heterocycles. The van der Waals surface area contributed by atoms with Crippen molar-refractivity contribution in [3.05, 3.63) is 59.4 Å². The predicted octanol–water partition coefficient (Wildman–Crippen LogP) is 4.21. The van der Waals surface area contributed by atoms with Crippen molar-refractivity contribution in [2.24, 2.45) is 5.92 Å². The molecule has 2 aromatic rings. The van der Waals surface area contributed by atoms with Crippen LogP contribution >= 0.6 is 11.8 Å². The van der Waals surface area contributed by atoms with Crippen LogP contribution in [0.3, 0.4) is 0 Å². The average molecular weight is 340 g/mol. The number of hydrogen-bond donors (Lipinski definition) is 0. The smallest absolute Gasteiger partial charge is 0.167 e. The molecule has 1 aromatic carbocycles. The van der Waals surface area contributed by atoms with E-state index in [1.807, 2.05) is 37.3 Å². The van der Waals surface area contributed by atoms with Gasteiger partial charge in [0.1, 0.15) is 0 Å². The monoisotopic (exact) mass is 340 g/mol. The molecule has 0 amide bonds. The zero-order valence-corrected chi connectivity index (χ0v) is 15.2. The maximum Gasteiger partial charge on any atom is 0.167 e. The van der Waals surface area contributed by atoms with Crippen LogP contribution in [0.2, 0.25) is 0 Å². The molecule has 2 heterocycles. The van der Waals surface area contributed by atoms with E-state index < -0.39 is 0 Å². The van der Waals surface area contributed by atoms with Gasteiger partial charge < -0.3 is 0 Å². The molecule has 0 saturated carbocycles. The van der Waals surface area contributed by atoms with Gasteiger partial charge in [0, 0.05) is 35.2 Å².